The highest BCUT2D eigenvalue weighted by molar-refractivity contribution is 5.43. The van der Waals surface area contributed by atoms with Crippen LogP contribution in [0.5, 0.6) is 0 Å². The lowest BCUT2D eigenvalue weighted by Crippen LogP contribution is -2.08. The summed E-state index contributed by atoms with van der Waals surface area (Å²) < 4.78 is 36.5. The normalized spacial score (nSPS) is 11.0. The SMILES string of the molecule is N#CCc1cc(C(F)(F)F)cnc1N. The molecule has 0 aliphatic rings. The van der Waals surface area contributed by atoms with E-state index in [1.165, 1.54) is 0 Å². The summed E-state index contributed by atoms with van der Waals surface area (Å²) >= 11 is 0. The maximum absolute atomic E-state index is 12.2. The Hall–Kier alpha value is -1.77. The minimum Gasteiger partial charge on any atom is -0.383 e. The Morgan fingerprint density at radius 3 is 2.64 bits per heavy atom. The van der Waals surface area contributed by atoms with Gasteiger partial charge in [0.2, 0.25) is 0 Å². The van der Waals surface area contributed by atoms with Crippen LogP contribution in [0.4, 0.5) is 19.0 Å². The average Bonchev–Trinajstić information content (AvgIpc) is 2.07. The van der Waals surface area contributed by atoms with Gasteiger partial charge in [-0.25, -0.2) is 4.98 Å². The van der Waals surface area contributed by atoms with E-state index in [1.54, 1.807) is 6.07 Å². The maximum Gasteiger partial charge on any atom is 0.417 e. The minimum atomic E-state index is -4.45. The largest absolute Gasteiger partial charge is 0.417 e. The van der Waals surface area contributed by atoms with Crippen LogP contribution in [0.1, 0.15) is 11.1 Å². The molecule has 74 valence electrons. The lowest BCUT2D eigenvalue weighted by atomic mass is 10.1. The summed E-state index contributed by atoms with van der Waals surface area (Å²) in [5.41, 5.74) is 4.50. The molecule has 1 aromatic heterocycles. The van der Waals surface area contributed by atoms with Gasteiger partial charge in [0.05, 0.1) is 18.1 Å². The molecule has 0 radical (unpaired) electrons. The first kappa shape index (κ1) is 10.3. The molecule has 0 saturated heterocycles. The summed E-state index contributed by atoms with van der Waals surface area (Å²) in [6.07, 6.45) is -3.98. The van der Waals surface area contributed by atoms with E-state index >= 15 is 0 Å². The zero-order valence-corrected chi connectivity index (χ0v) is 6.97. The molecule has 0 spiro atoms. The predicted octanol–water partition coefficient (Wildman–Crippen LogP) is 1.75. The zero-order valence-electron chi connectivity index (χ0n) is 6.97. The van der Waals surface area contributed by atoms with Crippen molar-refractivity contribution in [2.24, 2.45) is 0 Å². The number of hydrogen-bond donors (Lipinski definition) is 1. The van der Waals surface area contributed by atoms with Crippen LogP contribution in [-0.2, 0) is 12.6 Å². The van der Waals surface area contributed by atoms with Gasteiger partial charge in [0.15, 0.2) is 0 Å². The fourth-order valence-corrected chi connectivity index (χ4v) is 0.903. The van der Waals surface area contributed by atoms with Crippen molar-refractivity contribution in [1.82, 2.24) is 4.98 Å². The Bertz CT molecular complexity index is 378. The summed E-state index contributed by atoms with van der Waals surface area (Å²) in [5.74, 6) is -0.0421. The third-order valence-corrected chi connectivity index (χ3v) is 1.60. The molecule has 6 heteroatoms. The summed E-state index contributed by atoms with van der Waals surface area (Å²) in [6, 6.07) is 2.55. The van der Waals surface area contributed by atoms with Crippen LogP contribution in [0.3, 0.4) is 0 Å². The molecule has 3 nitrogen and oxygen atoms in total. The molecule has 2 N–H and O–H groups in total. The van der Waals surface area contributed by atoms with E-state index in [9.17, 15) is 13.2 Å². The van der Waals surface area contributed by atoms with Crippen molar-refractivity contribution in [2.75, 3.05) is 5.73 Å². The van der Waals surface area contributed by atoms with Crippen LogP contribution in [-0.4, -0.2) is 4.98 Å². The Labute approximate surface area is 78.0 Å². The van der Waals surface area contributed by atoms with Crippen molar-refractivity contribution >= 4 is 5.82 Å². The lowest BCUT2D eigenvalue weighted by molar-refractivity contribution is -0.137. The monoisotopic (exact) mass is 201 g/mol. The number of alkyl halides is 3. The summed E-state index contributed by atoms with van der Waals surface area (Å²) in [4.78, 5) is 3.37. The van der Waals surface area contributed by atoms with Gasteiger partial charge in [-0.1, -0.05) is 0 Å². The molecule has 0 aromatic carbocycles. The van der Waals surface area contributed by atoms with E-state index in [1.807, 2.05) is 0 Å². The van der Waals surface area contributed by atoms with Gasteiger partial charge in [-0.3, -0.25) is 0 Å². The first-order valence-electron chi connectivity index (χ1n) is 3.63. The van der Waals surface area contributed by atoms with E-state index < -0.39 is 11.7 Å². The summed E-state index contributed by atoms with van der Waals surface area (Å²) in [6.45, 7) is 0. The van der Waals surface area contributed by atoms with Gasteiger partial charge in [-0.05, 0) is 6.07 Å². The number of pyridine rings is 1. The van der Waals surface area contributed by atoms with Gasteiger partial charge < -0.3 is 5.73 Å². The van der Waals surface area contributed by atoms with Crippen molar-refractivity contribution in [2.45, 2.75) is 12.6 Å². The van der Waals surface area contributed by atoms with Crippen LogP contribution in [0, 0.1) is 11.3 Å². The van der Waals surface area contributed by atoms with Gasteiger partial charge in [0, 0.05) is 11.8 Å². The Morgan fingerprint density at radius 2 is 2.14 bits per heavy atom. The quantitative estimate of drug-likeness (QED) is 0.752. The van der Waals surface area contributed by atoms with E-state index in [4.69, 9.17) is 11.0 Å². The van der Waals surface area contributed by atoms with Crippen LogP contribution in [0.2, 0.25) is 0 Å². The summed E-state index contributed by atoms with van der Waals surface area (Å²) in [5, 5.41) is 8.32. The van der Waals surface area contributed by atoms with E-state index in [0.717, 1.165) is 6.07 Å². The number of aromatic nitrogens is 1. The summed E-state index contributed by atoms with van der Waals surface area (Å²) in [7, 11) is 0. The topological polar surface area (TPSA) is 62.7 Å². The van der Waals surface area contributed by atoms with Crippen LogP contribution >= 0.6 is 0 Å². The number of nitrogens with two attached hydrogens (primary N) is 1. The molecular formula is C8H6F3N3. The number of nitrogens with zero attached hydrogens (tertiary/aromatic N) is 2. The highest BCUT2D eigenvalue weighted by Crippen LogP contribution is 2.30. The van der Waals surface area contributed by atoms with Crippen molar-refractivity contribution in [3.63, 3.8) is 0 Å². The smallest absolute Gasteiger partial charge is 0.383 e. The van der Waals surface area contributed by atoms with Crippen molar-refractivity contribution in [3.8, 4) is 6.07 Å². The molecule has 0 bridgehead atoms. The van der Waals surface area contributed by atoms with Crippen molar-refractivity contribution in [3.05, 3.63) is 23.4 Å². The van der Waals surface area contributed by atoms with E-state index in [2.05, 4.69) is 4.98 Å². The molecule has 0 amide bonds. The highest BCUT2D eigenvalue weighted by atomic mass is 19.4. The van der Waals surface area contributed by atoms with E-state index in [-0.39, 0.29) is 17.8 Å². The molecule has 14 heavy (non-hydrogen) atoms. The van der Waals surface area contributed by atoms with Gasteiger partial charge in [0.1, 0.15) is 5.82 Å². The molecule has 0 aliphatic heterocycles. The van der Waals surface area contributed by atoms with Crippen molar-refractivity contribution < 1.29 is 13.2 Å². The van der Waals surface area contributed by atoms with Gasteiger partial charge in [-0.2, -0.15) is 18.4 Å². The standard InChI is InChI=1S/C8H6F3N3/c9-8(10,11)6-3-5(1-2-12)7(13)14-4-6/h3-4H,1H2,(H2,13,14). The second-order valence-electron chi connectivity index (χ2n) is 2.60. The molecule has 1 heterocycles. The number of anilines is 1. The molecule has 0 fully saturated rings. The molecule has 0 unspecified atom stereocenters. The van der Waals surface area contributed by atoms with Gasteiger partial charge in [0.25, 0.3) is 0 Å². The second kappa shape index (κ2) is 3.54. The van der Waals surface area contributed by atoms with Crippen LogP contribution in [0.25, 0.3) is 0 Å². The molecule has 0 atom stereocenters. The molecule has 1 aromatic rings. The first-order valence-corrected chi connectivity index (χ1v) is 3.63. The van der Waals surface area contributed by atoms with E-state index in [0.29, 0.717) is 6.20 Å². The Balaban J connectivity index is 3.14. The average molecular weight is 201 g/mol. The fraction of sp³-hybridized carbons (Fsp3) is 0.250. The second-order valence-corrected chi connectivity index (χ2v) is 2.60. The third-order valence-electron chi connectivity index (χ3n) is 1.60. The number of nitriles is 1. The lowest BCUT2D eigenvalue weighted by Gasteiger charge is -2.08. The highest BCUT2D eigenvalue weighted by Gasteiger charge is 2.31. The number of rotatable bonds is 1. The Kier molecular flexibility index (Phi) is 2.60. The minimum absolute atomic E-state index is 0.0421. The first-order chi connectivity index (χ1) is 6.45. The van der Waals surface area contributed by atoms with Gasteiger partial charge in [-0.15, -0.1) is 0 Å². The Morgan fingerprint density at radius 1 is 1.50 bits per heavy atom. The maximum atomic E-state index is 12.2. The van der Waals surface area contributed by atoms with Crippen LogP contribution < -0.4 is 5.73 Å². The predicted molar refractivity (Wildman–Crippen MR) is 43.0 cm³/mol. The number of nitrogen functional groups attached to an aromatic ring is 1. The molecule has 0 saturated carbocycles. The third kappa shape index (κ3) is 2.13. The molecular weight excluding hydrogens is 195 g/mol. The zero-order chi connectivity index (χ0) is 10.8. The van der Waals surface area contributed by atoms with Crippen LogP contribution in [0.15, 0.2) is 12.3 Å². The van der Waals surface area contributed by atoms with Gasteiger partial charge >= 0.3 is 6.18 Å². The molecule has 1 rings (SSSR count). The fourth-order valence-electron chi connectivity index (χ4n) is 0.903. The number of halogens is 3. The van der Waals surface area contributed by atoms with Crippen molar-refractivity contribution in [1.29, 1.82) is 5.26 Å². The number of hydrogen-bond acceptors (Lipinski definition) is 3. The molecule has 0 aliphatic carbocycles.